The molecule has 1 aliphatic rings. The number of aryl methyl sites for hydroxylation is 12. The average Bonchev–Trinajstić information content (AvgIpc) is 3.57. The van der Waals surface area contributed by atoms with Gasteiger partial charge in [0.25, 0.3) is 6.33 Å². The molecule has 238 valence electrons. The lowest BCUT2D eigenvalue weighted by Crippen LogP contribution is -2.30. The maximum atomic E-state index is 2.41. The molecule has 4 heteroatoms. The minimum atomic E-state index is 1.04. The maximum absolute atomic E-state index is 2.41. The molecule has 46 heavy (non-hydrogen) atoms. The van der Waals surface area contributed by atoms with Gasteiger partial charge in [-0.2, -0.15) is 0 Å². The molecule has 4 aromatic carbocycles. The number of aromatic nitrogens is 2. The van der Waals surface area contributed by atoms with E-state index in [0.29, 0.717) is 0 Å². The summed E-state index contributed by atoms with van der Waals surface area (Å²) < 4.78 is 6.86. The fourth-order valence-corrected chi connectivity index (χ4v) is 7.87. The molecule has 1 aromatic heterocycles. The Kier molecular flexibility index (Phi) is 9.39. The topological polar surface area (TPSA) is 15.1 Å². The number of hydrogen-bond donors (Lipinski definition) is 0. The first-order valence-electron chi connectivity index (χ1n) is 16.5. The van der Waals surface area contributed by atoms with E-state index in [0.717, 1.165) is 13.1 Å². The minimum absolute atomic E-state index is 1.04. The Hall–Kier alpha value is -4.44. The fourth-order valence-electron chi connectivity index (χ4n) is 7.87. The largest absolute Gasteiger partial charge is 0.254 e. The van der Waals surface area contributed by atoms with Gasteiger partial charge in [0.15, 0.2) is 0 Å². The van der Waals surface area contributed by atoms with Crippen LogP contribution in [0.2, 0.25) is 0 Å². The van der Waals surface area contributed by atoms with Crippen LogP contribution in [0.25, 0.3) is 11.4 Å². The van der Waals surface area contributed by atoms with Crippen molar-refractivity contribution in [3.05, 3.63) is 134 Å². The molecule has 0 aliphatic carbocycles. The Morgan fingerprint density at radius 1 is 0.478 bits per heavy atom. The average molecular weight is 613 g/mol. The highest BCUT2D eigenvalue weighted by atomic mass is 15.3. The molecule has 0 spiro atoms. The number of imidazole rings is 1. The highest BCUT2D eigenvalue weighted by molar-refractivity contribution is 5.82. The summed E-state index contributed by atoms with van der Waals surface area (Å²) in [6.45, 7) is 28.3. The van der Waals surface area contributed by atoms with Crippen molar-refractivity contribution in [1.82, 2.24) is 4.57 Å². The van der Waals surface area contributed by atoms with Crippen molar-refractivity contribution >= 4 is 17.7 Å². The molecule has 0 amide bonds. The first kappa shape index (κ1) is 32.9. The normalized spacial score (nSPS) is 12.7. The zero-order chi connectivity index (χ0) is 33.4. The van der Waals surface area contributed by atoms with Crippen LogP contribution >= 0.6 is 0 Å². The van der Waals surface area contributed by atoms with Crippen molar-refractivity contribution in [3.63, 3.8) is 0 Å². The molecular formula is C42H52N4+2. The van der Waals surface area contributed by atoms with E-state index in [4.69, 9.17) is 0 Å². The molecule has 0 N–H and O–H groups in total. The Bertz CT molecular complexity index is 1810. The summed E-state index contributed by atoms with van der Waals surface area (Å²) in [4.78, 5) is 2.41. The molecular weight excluding hydrogens is 560 g/mol. The molecule has 0 radical (unpaired) electrons. The van der Waals surface area contributed by atoms with Crippen molar-refractivity contribution in [2.45, 2.75) is 83.1 Å². The van der Waals surface area contributed by atoms with Crippen LogP contribution in [-0.2, 0) is 0 Å². The monoisotopic (exact) mass is 612 g/mol. The SMILES string of the molecule is Cc1cc(C)c(-n2cc[n+](-c3c(C)cc(C)cc3C)c2)c(C)c1.Cc1cc(C)c(N2C=[N+](c3c(C)cc(C)cc3C)CC2)c(C)c1. The van der Waals surface area contributed by atoms with Gasteiger partial charge in [0, 0.05) is 0 Å². The van der Waals surface area contributed by atoms with Crippen molar-refractivity contribution in [2.24, 2.45) is 0 Å². The summed E-state index contributed by atoms with van der Waals surface area (Å²) >= 11 is 0. The van der Waals surface area contributed by atoms with Crippen LogP contribution in [0.5, 0.6) is 0 Å². The van der Waals surface area contributed by atoms with Gasteiger partial charge in [0.1, 0.15) is 48.2 Å². The highest BCUT2D eigenvalue weighted by Crippen LogP contribution is 2.30. The second-order valence-electron chi connectivity index (χ2n) is 13.7. The van der Waals surface area contributed by atoms with Crippen molar-refractivity contribution in [3.8, 4) is 11.4 Å². The molecule has 1 aliphatic heterocycles. The van der Waals surface area contributed by atoms with E-state index in [2.05, 4.69) is 175 Å². The molecule has 2 heterocycles. The Morgan fingerprint density at radius 3 is 1.33 bits per heavy atom. The van der Waals surface area contributed by atoms with Crippen LogP contribution in [0.4, 0.5) is 11.4 Å². The van der Waals surface area contributed by atoms with Crippen LogP contribution in [0.15, 0.2) is 67.3 Å². The number of hydrogen-bond acceptors (Lipinski definition) is 1. The van der Waals surface area contributed by atoms with E-state index < -0.39 is 0 Å². The quantitative estimate of drug-likeness (QED) is 0.185. The van der Waals surface area contributed by atoms with Crippen molar-refractivity contribution in [2.75, 3.05) is 18.0 Å². The first-order valence-corrected chi connectivity index (χ1v) is 16.5. The molecule has 6 rings (SSSR count). The molecule has 0 atom stereocenters. The lowest BCUT2D eigenvalue weighted by Gasteiger charge is -2.13. The van der Waals surface area contributed by atoms with Crippen molar-refractivity contribution < 1.29 is 9.14 Å². The predicted octanol–water partition coefficient (Wildman–Crippen LogP) is 9.33. The van der Waals surface area contributed by atoms with Gasteiger partial charge in [0.05, 0.1) is 0 Å². The summed E-state index contributed by atoms with van der Waals surface area (Å²) in [6.07, 6.45) is 8.75. The van der Waals surface area contributed by atoms with E-state index in [1.165, 1.54) is 89.5 Å². The molecule has 0 unspecified atom stereocenters. The highest BCUT2D eigenvalue weighted by Gasteiger charge is 2.27. The predicted molar refractivity (Wildman–Crippen MR) is 195 cm³/mol. The van der Waals surface area contributed by atoms with Crippen molar-refractivity contribution in [1.29, 1.82) is 0 Å². The summed E-state index contributed by atoms with van der Waals surface area (Å²) in [6, 6.07) is 18.1. The third-order valence-corrected chi connectivity index (χ3v) is 9.13. The van der Waals surface area contributed by atoms with Crippen LogP contribution in [-0.4, -0.2) is 28.6 Å². The van der Waals surface area contributed by atoms with Gasteiger partial charge in [-0.3, -0.25) is 0 Å². The zero-order valence-corrected chi connectivity index (χ0v) is 30.1. The second kappa shape index (κ2) is 13.1. The van der Waals surface area contributed by atoms with Crippen LogP contribution in [0.1, 0.15) is 66.8 Å². The molecule has 5 aromatic rings. The minimum Gasteiger partial charge on any atom is -0.229 e. The van der Waals surface area contributed by atoms with Gasteiger partial charge in [-0.15, -0.1) is 0 Å². The standard InChI is InChI=1S/C21H27N2.C21H25N2/c2*1-14-9-16(3)20(17(4)10-14)22-7-8-23(13-22)21-18(5)11-15(2)12-19(21)6/h9-13H,7-8H2,1-6H3;7-13H,1-6H3/q2*+1. The smallest absolute Gasteiger partial charge is 0.229 e. The fraction of sp³-hybridized carbons (Fsp3) is 0.333. The molecule has 4 nitrogen and oxygen atoms in total. The van der Waals surface area contributed by atoms with Gasteiger partial charge in [-0.25, -0.2) is 18.6 Å². The molecule has 0 bridgehead atoms. The number of nitrogens with zero attached hydrogens (tertiary/aromatic N) is 4. The summed E-state index contributed by atoms with van der Waals surface area (Å²) in [7, 11) is 0. The van der Waals surface area contributed by atoms with Gasteiger partial charge in [0.2, 0.25) is 6.34 Å². The van der Waals surface area contributed by atoms with E-state index in [1.54, 1.807) is 0 Å². The van der Waals surface area contributed by atoms with E-state index in [-0.39, 0.29) is 0 Å². The van der Waals surface area contributed by atoms with Gasteiger partial charge in [-0.1, -0.05) is 70.8 Å². The van der Waals surface area contributed by atoms with E-state index in [1.807, 2.05) is 0 Å². The third-order valence-electron chi connectivity index (χ3n) is 9.13. The Balaban J connectivity index is 0.000000181. The number of anilines is 1. The number of benzene rings is 4. The Labute approximate surface area is 277 Å². The summed E-state index contributed by atoms with van der Waals surface area (Å²) in [5.41, 5.74) is 21.2. The zero-order valence-electron chi connectivity index (χ0n) is 30.1. The Morgan fingerprint density at radius 2 is 0.870 bits per heavy atom. The van der Waals surface area contributed by atoms with Crippen LogP contribution in [0, 0.1) is 83.1 Å². The van der Waals surface area contributed by atoms with E-state index in [9.17, 15) is 0 Å². The van der Waals surface area contributed by atoms with Gasteiger partial charge in [-0.05, 0) is 128 Å². The summed E-state index contributed by atoms with van der Waals surface area (Å²) in [5, 5.41) is 0. The lowest BCUT2D eigenvalue weighted by atomic mass is 10.0. The van der Waals surface area contributed by atoms with Crippen LogP contribution < -0.4 is 9.47 Å². The number of rotatable bonds is 4. The maximum Gasteiger partial charge on any atom is 0.254 e. The van der Waals surface area contributed by atoms with Gasteiger partial charge < -0.3 is 0 Å². The second-order valence-corrected chi connectivity index (χ2v) is 13.7. The summed E-state index contributed by atoms with van der Waals surface area (Å²) in [5.74, 6) is 0. The van der Waals surface area contributed by atoms with Gasteiger partial charge >= 0.3 is 0 Å². The third kappa shape index (κ3) is 6.72. The van der Waals surface area contributed by atoms with Crippen LogP contribution in [0.3, 0.4) is 0 Å². The molecule has 0 saturated heterocycles. The lowest BCUT2D eigenvalue weighted by molar-refractivity contribution is -0.595. The van der Waals surface area contributed by atoms with E-state index >= 15 is 0 Å². The first-order chi connectivity index (χ1) is 21.7. The molecule has 0 saturated carbocycles. The molecule has 0 fully saturated rings.